The minimum Gasteiger partial charge on any atom is -0.311 e. The molecule has 0 N–H and O–H groups in total. The first-order chi connectivity index (χ1) is 13.7. The molecular formula is C27H25N. The van der Waals surface area contributed by atoms with E-state index in [1.165, 1.54) is 33.6 Å². The molecule has 4 aromatic carbocycles. The average Bonchev–Trinajstić information content (AvgIpc) is 2.77. The van der Waals surface area contributed by atoms with Gasteiger partial charge in [0.1, 0.15) is 0 Å². The van der Waals surface area contributed by atoms with Crippen LogP contribution in [0, 0.1) is 6.92 Å². The van der Waals surface area contributed by atoms with Gasteiger partial charge < -0.3 is 4.90 Å². The van der Waals surface area contributed by atoms with Crippen LogP contribution in [0.1, 0.15) is 18.1 Å². The Kier molecular flexibility index (Phi) is 5.25. The molecule has 4 aromatic rings. The summed E-state index contributed by atoms with van der Waals surface area (Å²) in [7, 11) is 0. The maximum Gasteiger partial charge on any atom is 0.0462 e. The molecule has 1 heteroatoms. The lowest BCUT2D eigenvalue weighted by Crippen LogP contribution is -2.09. The Morgan fingerprint density at radius 1 is 0.536 bits per heavy atom. The molecule has 4 rings (SSSR count). The Morgan fingerprint density at radius 3 is 1.54 bits per heavy atom. The second-order valence-corrected chi connectivity index (χ2v) is 7.10. The van der Waals surface area contributed by atoms with Gasteiger partial charge in [-0.05, 0) is 66.4 Å². The second kappa shape index (κ2) is 8.14. The van der Waals surface area contributed by atoms with Crippen LogP contribution in [0.25, 0.3) is 11.1 Å². The van der Waals surface area contributed by atoms with Crippen molar-refractivity contribution in [1.29, 1.82) is 0 Å². The maximum atomic E-state index is 2.31. The highest BCUT2D eigenvalue weighted by molar-refractivity contribution is 5.78. The minimum atomic E-state index is 1.05. The summed E-state index contributed by atoms with van der Waals surface area (Å²) in [6, 6.07) is 36.9. The lowest BCUT2D eigenvalue weighted by Gasteiger charge is -2.26. The summed E-state index contributed by atoms with van der Waals surface area (Å²) < 4.78 is 0. The van der Waals surface area contributed by atoms with Crippen molar-refractivity contribution < 1.29 is 0 Å². The minimum absolute atomic E-state index is 1.05. The van der Waals surface area contributed by atoms with Crippen molar-refractivity contribution >= 4 is 17.1 Å². The van der Waals surface area contributed by atoms with Crippen LogP contribution in [0.2, 0.25) is 0 Å². The van der Waals surface area contributed by atoms with Crippen molar-refractivity contribution in [3.05, 3.63) is 114 Å². The first-order valence-corrected chi connectivity index (χ1v) is 9.86. The van der Waals surface area contributed by atoms with Crippen LogP contribution in [-0.4, -0.2) is 0 Å². The van der Waals surface area contributed by atoms with Crippen molar-refractivity contribution in [1.82, 2.24) is 0 Å². The van der Waals surface area contributed by atoms with Gasteiger partial charge in [-0.2, -0.15) is 0 Å². The normalized spacial score (nSPS) is 10.6. The quantitative estimate of drug-likeness (QED) is 0.351. The highest BCUT2D eigenvalue weighted by Gasteiger charge is 2.12. The van der Waals surface area contributed by atoms with Crippen molar-refractivity contribution in [2.24, 2.45) is 0 Å². The Bertz CT molecular complexity index is 1010. The van der Waals surface area contributed by atoms with Crippen LogP contribution in [-0.2, 0) is 6.42 Å². The van der Waals surface area contributed by atoms with Gasteiger partial charge in [0, 0.05) is 17.1 Å². The molecule has 0 fully saturated rings. The van der Waals surface area contributed by atoms with Crippen molar-refractivity contribution in [2.75, 3.05) is 4.90 Å². The van der Waals surface area contributed by atoms with Crippen molar-refractivity contribution in [2.45, 2.75) is 20.3 Å². The summed E-state index contributed by atoms with van der Waals surface area (Å²) in [4.78, 5) is 2.31. The third-order valence-electron chi connectivity index (χ3n) is 5.13. The molecular weight excluding hydrogens is 338 g/mol. The van der Waals surface area contributed by atoms with Crippen LogP contribution in [0.5, 0.6) is 0 Å². The van der Waals surface area contributed by atoms with Gasteiger partial charge in [0.05, 0.1) is 0 Å². The smallest absolute Gasteiger partial charge is 0.0462 e. The first-order valence-electron chi connectivity index (χ1n) is 9.86. The molecule has 0 saturated carbocycles. The van der Waals surface area contributed by atoms with Gasteiger partial charge in [-0.25, -0.2) is 0 Å². The number of nitrogens with zero attached hydrogens (tertiary/aromatic N) is 1. The zero-order chi connectivity index (χ0) is 19.3. The van der Waals surface area contributed by atoms with E-state index in [9.17, 15) is 0 Å². The first kappa shape index (κ1) is 18.1. The molecule has 0 amide bonds. The standard InChI is InChI=1S/C27H25N/c1-3-22-11-17-26(18-12-22)28(25-15-9-21(2)10-16-25)27-19-13-24(14-20-27)23-7-5-4-6-8-23/h4-20H,3H2,1-2H3. The number of hydrogen-bond donors (Lipinski definition) is 0. The fourth-order valence-electron chi connectivity index (χ4n) is 3.46. The summed E-state index contributed by atoms with van der Waals surface area (Å²) in [5.74, 6) is 0. The second-order valence-electron chi connectivity index (χ2n) is 7.10. The molecule has 0 bridgehead atoms. The highest BCUT2D eigenvalue weighted by Crippen LogP contribution is 2.35. The molecule has 1 nitrogen and oxygen atoms in total. The topological polar surface area (TPSA) is 3.24 Å². The van der Waals surface area contributed by atoms with Crippen LogP contribution in [0.4, 0.5) is 17.1 Å². The van der Waals surface area contributed by atoms with Crippen LogP contribution in [0.3, 0.4) is 0 Å². The Morgan fingerprint density at radius 2 is 1.00 bits per heavy atom. The van der Waals surface area contributed by atoms with Gasteiger partial charge in [-0.15, -0.1) is 0 Å². The van der Waals surface area contributed by atoms with E-state index in [0.29, 0.717) is 0 Å². The molecule has 0 heterocycles. The van der Waals surface area contributed by atoms with Crippen molar-refractivity contribution in [3.63, 3.8) is 0 Å². The largest absolute Gasteiger partial charge is 0.311 e. The maximum absolute atomic E-state index is 2.31. The van der Waals surface area contributed by atoms with E-state index >= 15 is 0 Å². The lowest BCUT2D eigenvalue weighted by molar-refractivity contribution is 1.14. The van der Waals surface area contributed by atoms with E-state index in [0.717, 1.165) is 12.1 Å². The third kappa shape index (κ3) is 3.84. The highest BCUT2D eigenvalue weighted by atomic mass is 15.1. The van der Waals surface area contributed by atoms with E-state index in [-0.39, 0.29) is 0 Å². The van der Waals surface area contributed by atoms with Crippen LogP contribution in [0.15, 0.2) is 103 Å². The Hall–Kier alpha value is -3.32. The summed E-state index contributed by atoms with van der Waals surface area (Å²) in [5, 5.41) is 0. The number of anilines is 3. The SMILES string of the molecule is CCc1ccc(N(c2ccc(C)cc2)c2ccc(-c3ccccc3)cc2)cc1. The third-order valence-corrected chi connectivity index (χ3v) is 5.13. The van der Waals surface area contributed by atoms with Crippen LogP contribution < -0.4 is 4.90 Å². The fraction of sp³-hybridized carbons (Fsp3) is 0.111. The molecule has 0 aliphatic rings. The van der Waals surface area contributed by atoms with E-state index < -0.39 is 0 Å². The molecule has 138 valence electrons. The molecule has 0 aromatic heterocycles. The van der Waals surface area contributed by atoms with Crippen molar-refractivity contribution in [3.8, 4) is 11.1 Å². The summed E-state index contributed by atoms with van der Waals surface area (Å²) in [6.07, 6.45) is 1.05. The van der Waals surface area contributed by atoms with Crippen LogP contribution >= 0.6 is 0 Å². The van der Waals surface area contributed by atoms with Gasteiger partial charge in [0.25, 0.3) is 0 Å². The predicted octanol–water partition coefficient (Wildman–Crippen LogP) is 7.69. The number of benzene rings is 4. The summed E-state index contributed by atoms with van der Waals surface area (Å²) in [6.45, 7) is 4.31. The van der Waals surface area contributed by atoms with Gasteiger partial charge in [0.2, 0.25) is 0 Å². The van der Waals surface area contributed by atoms with Gasteiger partial charge in [0.15, 0.2) is 0 Å². The molecule has 0 saturated heterocycles. The van der Waals surface area contributed by atoms with Gasteiger partial charge in [-0.3, -0.25) is 0 Å². The van der Waals surface area contributed by atoms with Gasteiger partial charge in [-0.1, -0.05) is 79.2 Å². The molecule has 0 aliphatic heterocycles. The molecule has 0 atom stereocenters. The van der Waals surface area contributed by atoms with E-state index in [1.807, 2.05) is 0 Å². The van der Waals surface area contributed by atoms with E-state index in [1.54, 1.807) is 0 Å². The molecule has 0 aliphatic carbocycles. The molecule has 28 heavy (non-hydrogen) atoms. The average molecular weight is 364 g/mol. The number of rotatable bonds is 5. The Balaban J connectivity index is 1.75. The zero-order valence-electron chi connectivity index (χ0n) is 16.5. The summed E-state index contributed by atoms with van der Waals surface area (Å²) >= 11 is 0. The van der Waals surface area contributed by atoms with E-state index in [2.05, 4.69) is 122 Å². The molecule has 0 unspecified atom stereocenters. The predicted molar refractivity (Wildman–Crippen MR) is 121 cm³/mol. The lowest BCUT2D eigenvalue weighted by atomic mass is 10.0. The molecule has 0 radical (unpaired) electrons. The number of hydrogen-bond acceptors (Lipinski definition) is 1. The fourth-order valence-corrected chi connectivity index (χ4v) is 3.46. The molecule has 0 spiro atoms. The van der Waals surface area contributed by atoms with Gasteiger partial charge >= 0.3 is 0 Å². The Labute approximate surface area is 167 Å². The monoisotopic (exact) mass is 363 g/mol. The summed E-state index contributed by atoms with van der Waals surface area (Å²) in [5.41, 5.74) is 8.60. The zero-order valence-corrected chi connectivity index (χ0v) is 16.5. The van der Waals surface area contributed by atoms with E-state index in [4.69, 9.17) is 0 Å². The number of aryl methyl sites for hydroxylation is 2.